The molecule has 1 heterocycles. The first-order chi connectivity index (χ1) is 11.4. The lowest BCUT2D eigenvalue weighted by atomic mass is 9.97. The minimum absolute atomic E-state index is 0.0494. The minimum Gasteiger partial charge on any atom is -0.404 e. The number of hydrazone groups is 1. The van der Waals surface area contributed by atoms with Gasteiger partial charge in [0.05, 0.1) is 17.3 Å². The predicted molar refractivity (Wildman–Crippen MR) is 93.8 cm³/mol. The van der Waals surface area contributed by atoms with Gasteiger partial charge in [0, 0.05) is 17.5 Å². The molecule has 0 aliphatic carbocycles. The summed E-state index contributed by atoms with van der Waals surface area (Å²) in [5, 5.41) is 16.5. The fourth-order valence-electron chi connectivity index (χ4n) is 2.21. The smallest absolute Gasteiger partial charge is 0.277 e. The summed E-state index contributed by atoms with van der Waals surface area (Å²) in [4.78, 5) is 23.7. The van der Waals surface area contributed by atoms with Crippen LogP contribution >= 0.6 is 0 Å². The number of carbonyl (C=O) groups excluding carboxylic acids is 2. The van der Waals surface area contributed by atoms with Crippen LogP contribution in [0.15, 0.2) is 53.8 Å². The zero-order valence-electron chi connectivity index (χ0n) is 13.5. The molecule has 1 aromatic carbocycles. The molecule has 7 nitrogen and oxygen atoms in total. The zero-order valence-corrected chi connectivity index (χ0v) is 13.5. The van der Waals surface area contributed by atoms with Gasteiger partial charge in [-0.1, -0.05) is 18.7 Å². The van der Waals surface area contributed by atoms with E-state index in [0.717, 1.165) is 6.20 Å². The maximum Gasteiger partial charge on any atom is 0.277 e. The molecule has 124 valence electrons. The fraction of sp³-hybridized carbons (Fsp3) is 0.176. The van der Waals surface area contributed by atoms with Crippen LogP contribution in [-0.2, 0) is 9.59 Å². The molecule has 1 aromatic rings. The summed E-state index contributed by atoms with van der Waals surface area (Å²) >= 11 is 0. The Balaban J connectivity index is 2.49. The van der Waals surface area contributed by atoms with Crippen molar-refractivity contribution < 1.29 is 9.59 Å². The number of amides is 2. The first-order valence-corrected chi connectivity index (χ1v) is 7.36. The van der Waals surface area contributed by atoms with E-state index in [1.165, 1.54) is 11.1 Å². The average molecular weight is 325 g/mol. The van der Waals surface area contributed by atoms with E-state index in [2.05, 4.69) is 17.0 Å². The van der Waals surface area contributed by atoms with Gasteiger partial charge in [-0.05, 0) is 32.1 Å². The maximum atomic E-state index is 12.3. The van der Waals surface area contributed by atoms with Gasteiger partial charge in [-0.15, -0.1) is 0 Å². The Kier molecular flexibility index (Phi) is 4.93. The number of nitrogens with two attached hydrogens (primary N) is 1. The molecule has 0 radical (unpaired) electrons. The predicted octanol–water partition coefficient (Wildman–Crippen LogP) is 1.63. The highest BCUT2D eigenvalue weighted by molar-refractivity contribution is 6.58. The lowest BCUT2D eigenvalue weighted by Gasteiger charge is -2.28. The summed E-state index contributed by atoms with van der Waals surface area (Å²) in [6.07, 6.45) is 2.29. The summed E-state index contributed by atoms with van der Waals surface area (Å²) in [6.45, 7) is 7.05. The Labute approximate surface area is 140 Å². The van der Waals surface area contributed by atoms with Gasteiger partial charge in [0.15, 0.2) is 0 Å². The maximum absolute atomic E-state index is 12.3. The monoisotopic (exact) mass is 325 g/mol. The van der Waals surface area contributed by atoms with Gasteiger partial charge in [-0.2, -0.15) is 5.10 Å². The number of nitrogens with one attached hydrogen (secondary N) is 2. The van der Waals surface area contributed by atoms with Crippen LogP contribution in [0.3, 0.4) is 0 Å². The normalized spacial score (nSPS) is 16.4. The molecule has 0 atom stereocenters. The van der Waals surface area contributed by atoms with E-state index in [4.69, 9.17) is 11.1 Å². The summed E-state index contributed by atoms with van der Waals surface area (Å²) < 4.78 is 0. The molecule has 1 aliphatic rings. The first kappa shape index (κ1) is 17.1. The summed E-state index contributed by atoms with van der Waals surface area (Å²) in [7, 11) is 0. The molecule has 0 fully saturated rings. The van der Waals surface area contributed by atoms with E-state index in [9.17, 15) is 9.59 Å². The molecule has 0 spiro atoms. The van der Waals surface area contributed by atoms with Crippen molar-refractivity contribution >= 4 is 28.9 Å². The molecule has 0 saturated carbocycles. The van der Waals surface area contributed by atoms with Crippen molar-refractivity contribution in [2.75, 3.05) is 5.32 Å². The standard InChI is InChI=1S/C17H19N5O2/c1-4-14(23)20-12-7-5-6-11(8-12)16-15(19)13(9-18)17(24)22(21-16)10(2)3/h4-10,19H,1,18H2,2-3H3,(H,20,23)/b13-9+,19-15?. The van der Waals surface area contributed by atoms with Crippen molar-refractivity contribution in [2.45, 2.75) is 19.9 Å². The van der Waals surface area contributed by atoms with Crippen molar-refractivity contribution in [1.82, 2.24) is 5.01 Å². The molecule has 2 rings (SSSR count). The van der Waals surface area contributed by atoms with Crippen LogP contribution in [-0.4, -0.2) is 34.3 Å². The highest BCUT2D eigenvalue weighted by atomic mass is 16.2. The number of rotatable bonds is 4. The highest BCUT2D eigenvalue weighted by Gasteiger charge is 2.32. The first-order valence-electron chi connectivity index (χ1n) is 7.36. The van der Waals surface area contributed by atoms with E-state index in [-0.39, 0.29) is 23.2 Å². The summed E-state index contributed by atoms with van der Waals surface area (Å²) in [5.74, 6) is -0.744. The highest BCUT2D eigenvalue weighted by Crippen LogP contribution is 2.20. The molecular weight excluding hydrogens is 306 g/mol. The number of nitrogens with zero attached hydrogens (tertiary/aromatic N) is 2. The largest absolute Gasteiger partial charge is 0.404 e. The lowest BCUT2D eigenvalue weighted by molar-refractivity contribution is -0.128. The fourth-order valence-corrected chi connectivity index (χ4v) is 2.21. The van der Waals surface area contributed by atoms with Crippen LogP contribution < -0.4 is 11.1 Å². The van der Waals surface area contributed by atoms with Gasteiger partial charge in [0.2, 0.25) is 5.91 Å². The minimum atomic E-state index is -0.405. The Morgan fingerprint density at radius 3 is 2.75 bits per heavy atom. The Bertz CT molecular complexity index is 777. The number of hydrogen-bond acceptors (Lipinski definition) is 5. The average Bonchev–Trinajstić information content (AvgIpc) is 2.55. The second-order valence-corrected chi connectivity index (χ2v) is 5.42. The van der Waals surface area contributed by atoms with E-state index < -0.39 is 5.91 Å². The topological polar surface area (TPSA) is 112 Å². The van der Waals surface area contributed by atoms with Gasteiger partial charge in [0.25, 0.3) is 5.91 Å². The SMILES string of the molecule is C=CC(=O)Nc1cccc(C2=NN(C(C)C)C(=O)/C(=C/N)C2=N)c1. The third kappa shape index (κ3) is 3.24. The molecule has 0 saturated heterocycles. The van der Waals surface area contributed by atoms with E-state index in [1.54, 1.807) is 24.3 Å². The van der Waals surface area contributed by atoms with E-state index >= 15 is 0 Å². The molecule has 0 aromatic heterocycles. The third-order valence-electron chi connectivity index (χ3n) is 3.40. The van der Waals surface area contributed by atoms with Crippen LogP contribution in [0.2, 0.25) is 0 Å². The number of benzene rings is 1. The molecular formula is C17H19N5O2. The number of anilines is 1. The Morgan fingerprint density at radius 1 is 1.46 bits per heavy atom. The van der Waals surface area contributed by atoms with Gasteiger partial charge in [0.1, 0.15) is 5.71 Å². The van der Waals surface area contributed by atoms with Crippen LogP contribution in [0.4, 0.5) is 5.69 Å². The van der Waals surface area contributed by atoms with Gasteiger partial charge in [-0.3, -0.25) is 15.0 Å². The van der Waals surface area contributed by atoms with E-state index in [1.807, 2.05) is 13.8 Å². The quantitative estimate of drug-likeness (QED) is 0.731. The van der Waals surface area contributed by atoms with Crippen molar-refractivity contribution in [3.8, 4) is 0 Å². The van der Waals surface area contributed by atoms with Gasteiger partial charge < -0.3 is 11.1 Å². The third-order valence-corrected chi connectivity index (χ3v) is 3.40. The second kappa shape index (κ2) is 6.91. The van der Waals surface area contributed by atoms with E-state index in [0.29, 0.717) is 17.0 Å². The molecule has 0 bridgehead atoms. The second-order valence-electron chi connectivity index (χ2n) is 5.42. The van der Waals surface area contributed by atoms with Crippen LogP contribution in [0.5, 0.6) is 0 Å². The van der Waals surface area contributed by atoms with Crippen LogP contribution in [0.1, 0.15) is 19.4 Å². The molecule has 4 N–H and O–H groups in total. The number of carbonyl (C=O) groups is 2. The van der Waals surface area contributed by atoms with Crippen molar-refractivity contribution in [2.24, 2.45) is 10.8 Å². The van der Waals surface area contributed by atoms with Crippen molar-refractivity contribution in [1.29, 1.82) is 5.41 Å². The summed E-state index contributed by atoms with van der Waals surface area (Å²) in [5.41, 5.74) is 7.02. The van der Waals surface area contributed by atoms with Crippen LogP contribution in [0, 0.1) is 5.41 Å². The molecule has 2 amide bonds. The van der Waals surface area contributed by atoms with Crippen molar-refractivity contribution in [3.05, 3.63) is 54.3 Å². The van der Waals surface area contributed by atoms with Crippen LogP contribution in [0.25, 0.3) is 0 Å². The molecule has 1 aliphatic heterocycles. The van der Waals surface area contributed by atoms with Crippen molar-refractivity contribution in [3.63, 3.8) is 0 Å². The van der Waals surface area contributed by atoms with Gasteiger partial charge >= 0.3 is 0 Å². The molecule has 7 heteroatoms. The van der Waals surface area contributed by atoms with Gasteiger partial charge in [-0.25, -0.2) is 5.01 Å². The lowest BCUT2D eigenvalue weighted by Crippen LogP contribution is -2.43. The summed E-state index contributed by atoms with van der Waals surface area (Å²) in [6, 6.07) is 6.69. The number of hydrogen-bond donors (Lipinski definition) is 3. The molecule has 24 heavy (non-hydrogen) atoms. The Hall–Kier alpha value is -3.22. The zero-order chi connectivity index (χ0) is 17.9. The Morgan fingerprint density at radius 2 is 2.17 bits per heavy atom. The molecule has 0 unspecified atom stereocenters.